The highest BCUT2D eigenvalue weighted by molar-refractivity contribution is 7.91. The van der Waals surface area contributed by atoms with Gasteiger partial charge in [-0.2, -0.15) is 5.26 Å². The zero-order valence-corrected chi connectivity index (χ0v) is 15.7. The van der Waals surface area contributed by atoms with Crippen molar-refractivity contribution in [3.63, 3.8) is 0 Å². The van der Waals surface area contributed by atoms with Gasteiger partial charge < -0.3 is 4.55 Å². The fraction of sp³-hybridized carbons (Fsp3) is 0.235. The second-order valence-corrected chi connectivity index (χ2v) is 8.64. The molecule has 7 heteroatoms. The number of benzene rings is 1. The number of nitriles is 1. The van der Waals surface area contributed by atoms with Crippen molar-refractivity contribution in [2.75, 3.05) is 0 Å². The lowest BCUT2D eigenvalue weighted by Crippen LogP contribution is -2.27. The van der Waals surface area contributed by atoms with Crippen LogP contribution in [0.3, 0.4) is 0 Å². The van der Waals surface area contributed by atoms with Gasteiger partial charge in [0.25, 0.3) is 0 Å². The normalized spacial score (nSPS) is 13.5. The molecule has 0 aliphatic rings. The van der Waals surface area contributed by atoms with Crippen LogP contribution in [-0.4, -0.2) is 20.0 Å². The van der Waals surface area contributed by atoms with Crippen LogP contribution in [0.2, 0.25) is 10.3 Å². The van der Waals surface area contributed by atoms with Crippen LogP contribution in [0.1, 0.15) is 37.5 Å². The molecular weight excluding hydrogens is 365 g/mol. The van der Waals surface area contributed by atoms with Gasteiger partial charge in [0.05, 0.1) is 11.6 Å². The van der Waals surface area contributed by atoms with E-state index >= 15 is 0 Å². The van der Waals surface area contributed by atoms with Crippen molar-refractivity contribution in [3.05, 3.63) is 63.4 Å². The first-order chi connectivity index (χ1) is 11.2. The molecule has 1 heterocycles. The zero-order chi connectivity index (χ0) is 17.9. The number of aromatic nitrogens is 1. The molecule has 0 amide bonds. The van der Waals surface area contributed by atoms with Gasteiger partial charge in [-0.15, -0.1) is 0 Å². The van der Waals surface area contributed by atoms with E-state index in [1.54, 1.807) is 36.4 Å². The molecule has 1 aromatic carbocycles. The van der Waals surface area contributed by atoms with Gasteiger partial charge in [-0.3, -0.25) is 0 Å². The minimum absolute atomic E-state index is 0.196. The quantitative estimate of drug-likeness (QED) is 0.445. The van der Waals surface area contributed by atoms with E-state index in [1.807, 2.05) is 20.8 Å². The molecule has 0 N–H and O–H groups in total. The molecule has 124 valence electrons. The Labute approximate surface area is 154 Å². The van der Waals surface area contributed by atoms with Gasteiger partial charge in [-0.25, -0.2) is 4.98 Å². The van der Waals surface area contributed by atoms with E-state index in [2.05, 4.69) is 15.5 Å². The van der Waals surface area contributed by atoms with Crippen molar-refractivity contribution in [2.24, 2.45) is 4.40 Å². The standard InChI is InChI=1S/C17H15Cl2N3OS/c1-17(2,3)24(23)22-16(12-8-14(18)21-15(19)9-12)13-7-5-4-6-11(13)10-20/h4-9H,1-3H3/b22-16+. The van der Waals surface area contributed by atoms with Crippen LogP contribution in [0, 0.1) is 11.3 Å². The third-order valence-corrected chi connectivity index (χ3v) is 4.82. The third kappa shape index (κ3) is 4.49. The number of hydrogen-bond donors (Lipinski definition) is 0. The Morgan fingerprint density at radius 2 is 1.79 bits per heavy atom. The monoisotopic (exact) mass is 379 g/mol. The number of nitrogens with zero attached hydrogens (tertiary/aromatic N) is 3. The minimum atomic E-state index is -1.52. The van der Waals surface area contributed by atoms with E-state index in [4.69, 9.17) is 23.2 Å². The fourth-order valence-electron chi connectivity index (χ4n) is 1.87. The molecule has 0 bridgehead atoms. The van der Waals surface area contributed by atoms with Crippen LogP contribution in [-0.2, 0) is 11.4 Å². The van der Waals surface area contributed by atoms with Crippen LogP contribution in [0.15, 0.2) is 40.8 Å². The summed E-state index contributed by atoms with van der Waals surface area (Å²) in [6, 6.07) is 12.3. The summed E-state index contributed by atoms with van der Waals surface area (Å²) in [5, 5.41) is 9.76. The molecule has 0 saturated heterocycles. The molecule has 0 saturated carbocycles. The first kappa shape index (κ1) is 18.8. The maximum absolute atomic E-state index is 12.6. The summed E-state index contributed by atoms with van der Waals surface area (Å²) in [5.74, 6) is 0. The van der Waals surface area contributed by atoms with Crippen molar-refractivity contribution in [2.45, 2.75) is 25.5 Å². The fourth-order valence-corrected chi connectivity index (χ4v) is 2.97. The van der Waals surface area contributed by atoms with Gasteiger partial charge in [0, 0.05) is 11.1 Å². The topological polar surface area (TPSA) is 72.1 Å². The molecule has 1 atom stereocenters. The van der Waals surface area contributed by atoms with Crippen LogP contribution in [0.25, 0.3) is 0 Å². The molecule has 0 radical (unpaired) electrons. The molecule has 0 aliphatic carbocycles. The Morgan fingerprint density at radius 3 is 2.33 bits per heavy atom. The predicted octanol–water partition coefficient (Wildman–Crippen LogP) is 4.56. The number of rotatable bonds is 3. The molecule has 0 spiro atoms. The number of hydrogen-bond acceptors (Lipinski definition) is 4. The molecular formula is C17H15Cl2N3OS. The van der Waals surface area contributed by atoms with Crippen molar-refractivity contribution < 1.29 is 4.55 Å². The highest BCUT2D eigenvalue weighted by Gasteiger charge is 2.28. The van der Waals surface area contributed by atoms with Crippen LogP contribution in [0.5, 0.6) is 0 Å². The Morgan fingerprint density at radius 1 is 1.21 bits per heavy atom. The van der Waals surface area contributed by atoms with Crippen molar-refractivity contribution in [3.8, 4) is 6.07 Å². The lowest BCUT2D eigenvalue weighted by molar-refractivity contribution is 0.561. The van der Waals surface area contributed by atoms with E-state index in [0.29, 0.717) is 22.4 Å². The summed E-state index contributed by atoms with van der Waals surface area (Å²) in [6.45, 7) is 5.48. The summed E-state index contributed by atoms with van der Waals surface area (Å²) in [4.78, 5) is 3.92. The van der Waals surface area contributed by atoms with Crippen LogP contribution >= 0.6 is 23.2 Å². The lowest BCUT2D eigenvalue weighted by atomic mass is 9.99. The van der Waals surface area contributed by atoms with Gasteiger partial charge in [0.2, 0.25) is 0 Å². The highest BCUT2D eigenvalue weighted by atomic mass is 35.5. The Kier molecular flexibility index (Phi) is 5.89. The molecule has 1 aromatic heterocycles. The van der Waals surface area contributed by atoms with Gasteiger partial charge in [0.1, 0.15) is 32.1 Å². The molecule has 2 rings (SSSR count). The molecule has 1 unspecified atom stereocenters. The van der Waals surface area contributed by atoms with Gasteiger partial charge >= 0.3 is 0 Å². The summed E-state index contributed by atoms with van der Waals surface area (Å²) >= 11 is 10.5. The van der Waals surface area contributed by atoms with E-state index < -0.39 is 16.1 Å². The maximum Gasteiger partial charge on any atom is 0.144 e. The number of halogens is 2. The van der Waals surface area contributed by atoms with Crippen LogP contribution < -0.4 is 0 Å². The van der Waals surface area contributed by atoms with Gasteiger partial charge in [-0.1, -0.05) is 45.8 Å². The average Bonchev–Trinajstić information content (AvgIpc) is 2.50. The smallest absolute Gasteiger partial charge is 0.144 e. The predicted molar refractivity (Wildman–Crippen MR) is 98.9 cm³/mol. The SMILES string of the molecule is CC(C)(C)[S+]([O-])/N=C(\c1cc(Cl)nc(Cl)c1)c1ccccc1C#N. The summed E-state index contributed by atoms with van der Waals surface area (Å²) in [6.07, 6.45) is 0. The van der Waals surface area contributed by atoms with Crippen molar-refractivity contribution >= 4 is 40.3 Å². The minimum Gasteiger partial charge on any atom is -0.591 e. The van der Waals surface area contributed by atoms with E-state index in [-0.39, 0.29) is 10.3 Å². The van der Waals surface area contributed by atoms with E-state index in [1.165, 1.54) is 0 Å². The average molecular weight is 380 g/mol. The Balaban J connectivity index is 2.71. The highest BCUT2D eigenvalue weighted by Crippen LogP contribution is 2.24. The zero-order valence-electron chi connectivity index (χ0n) is 13.4. The van der Waals surface area contributed by atoms with Crippen molar-refractivity contribution in [1.29, 1.82) is 5.26 Å². The lowest BCUT2D eigenvalue weighted by Gasteiger charge is -2.20. The van der Waals surface area contributed by atoms with Crippen molar-refractivity contribution in [1.82, 2.24) is 4.98 Å². The van der Waals surface area contributed by atoms with E-state index in [9.17, 15) is 9.81 Å². The molecule has 2 aromatic rings. The molecule has 0 fully saturated rings. The van der Waals surface area contributed by atoms with Gasteiger partial charge in [-0.05, 0) is 39.0 Å². The Bertz CT molecular complexity index is 805. The summed E-state index contributed by atoms with van der Waals surface area (Å²) in [7, 11) is 0. The third-order valence-electron chi connectivity index (χ3n) is 3.04. The molecule has 24 heavy (non-hydrogen) atoms. The number of pyridine rings is 1. The second kappa shape index (κ2) is 7.54. The Hall–Kier alpha value is -1.58. The second-order valence-electron chi connectivity index (χ2n) is 5.96. The first-order valence-corrected chi connectivity index (χ1v) is 8.92. The van der Waals surface area contributed by atoms with E-state index in [0.717, 1.165) is 0 Å². The first-order valence-electron chi connectivity index (χ1n) is 7.06. The van der Waals surface area contributed by atoms with Crippen LogP contribution in [0.4, 0.5) is 0 Å². The largest absolute Gasteiger partial charge is 0.591 e. The maximum atomic E-state index is 12.6. The molecule has 4 nitrogen and oxygen atoms in total. The summed E-state index contributed by atoms with van der Waals surface area (Å²) < 4.78 is 16.4. The van der Waals surface area contributed by atoms with Gasteiger partial charge in [0.15, 0.2) is 0 Å². The molecule has 0 aliphatic heterocycles. The summed E-state index contributed by atoms with van der Waals surface area (Å²) in [5.41, 5.74) is 1.94.